The van der Waals surface area contributed by atoms with Crippen LogP contribution < -0.4 is 0 Å². The predicted octanol–water partition coefficient (Wildman–Crippen LogP) is 5.04. The topological polar surface area (TPSA) is 0 Å². The summed E-state index contributed by atoms with van der Waals surface area (Å²) in [6.07, 6.45) is 4.53. The van der Waals surface area contributed by atoms with E-state index in [1.807, 2.05) is 0 Å². The third kappa shape index (κ3) is 3.84. The van der Waals surface area contributed by atoms with Gasteiger partial charge in [0.1, 0.15) is 0 Å². The van der Waals surface area contributed by atoms with Crippen molar-refractivity contribution in [1.82, 2.24) is 0 Å². The number of hydrogen-bond acceptors (Lipinski definition) is 0. The average molecular weight is 216 g/mol. The zero-order valence-electron chi connectivity index (χ0n) is 11.5. The van der Waals surface area contributed by atoms with Crippen LogP contribution in [0.2, 0.25) is 0 Å². The summed E-state index contributed by atoms with van der Waals surface area (Å²) in [5.74, 6) is 0. The maximum absolute atomic E-state index is 2.28. The van der Waals surface area contributed by atoms with Crippen molar-refractivity contribution in [2.45, 2.75) is 47.0 Å². The summed E-state index contributed by atoms with van der Waals surface area (Å²) in [6.45, 7) is 13.5. The molecule has 0 unspecified atom stereocenters. The molecule has 0 heterocycles. The Morgan fingerprint density at radius 2 is 1.44 bits per heavy atom. The van der Waals surface area contributed by atoms with Gasteiger partial charge in [-0.05, 0) is 22.0 Å². The Balaban J connectivity index is 3.11. The standard InChI is InChI=1S/C16H24/c1-15(2,3)12-11-13-9-7-8-10-14(13)16(4,5)6/h7-12H,1-6H3/b12-11-. The van der Waals surface area contributed by atoms with Crippen molar-refractivity contribution in [2.24, 2.45) is 5.41 Å². The first-order chi connectivity index (χ1) is 7.20. The molecule has 0 saturated heterocycles. The zero-order chi connectivity index (χ0) is 12.4. The Kier molecular flexibility index (Phi) is 3.62. The predicted molar refractivity (Wildman–Crippen MR) is 73.6 cm³/mol. The summed E-state index contributed by atoms with van der Waals surface area (Å²) >= 11 is 0. The highest BCUT2D eigenvalue weighted by Crippen LogP contribution is 2.27. The van der Waals surface area contributed by atoms with Crippen molar-refractivity contribution < 1.29 is 0 Å². The summed E-state index contributed by atoms with van der Waals surface area (Å²) in [7, 11) is 0. The molecule has 0 bridgehead atoms. The van der Waals surface area contributed by atoms with Crippen molar-refractivity contribution >= 4 is 6.08 Å². The summed E-state index contributed by atoms with van der Waals surface area (Å²) in [6, 6.07) is 8.65. The smallest absolute Gasteiger partial charge is 0.0126 e. The Hall–Kier alpha value is -1.04. The van der Waals surface area contributed by atoms with E-state index < -0.39 is 0 Å². The number of hydrogen-bond donors (Lipinski definition) is 0. The van der Waals surface area contributed by atoms with Crippen LogP contribution in [0.5, 0.6) is 0 Å². The Bertz CT molecular complexity index is 370. The van der Waals surface area contributed by atoms with Gasteiger partial charge in [-0.15, -0.1) is 0 Å². The van der Waals surface area contributed by atoms with Gasteiger partial charge in [-0.2, -0.15) is 0 Å². The van der Waals surface area contributed by atoms with Crippen molar-refractivity contribution in [2.75, 3.05) is 0 Å². The van der Waals surface area contributed by atoms with Gasteiger partial charge < -0.3 is 0 Å². The van der Waals surface area contributed by atoms with Gasteiger partial charge in [0.25, 0.3) is 0 Å². The lowest BCUT2D eigenvalue weighted by atomic mass is 9.83. The van der Waals surface area contributed by atoms with Crippen LogP contribution in [-0.4, -0.2) is 0 Å². The molecular formula is C16H24. The van der Waals surface area contributed by atoms with Crippen LogP contribution in [0.15, 0.2) is 30.3 Å². The fourth-order valence-electron chi connectivity index (χ4n) is 1.67. The molecule has 16 heavy (non-hydrogen) atoms. The van der Waals surface area contributed by atoms with Crippen molar-refractivity contribution in [3.63, 3.8) is 0 Å². The monoisotopic (exact) mass is 216 g/mol. The Morgan fingerprint density at radius 1 is 0.875 bits per heavy atom. The second-order valence-electron chi connectivity index (χ2n) is 6.54. The normalized spacial score (nSPS) is 13.4. The molecule has 0 aliphatic heterocycles. The van der Waals surface area contributed by atoms with Crippen LogP contribution in [0.4, 0.5) is 0 Å². The van der Waals surface area contributed by atoms with Gasteiger partial charge in [-0.1, -0.05) is 78.0 Å². The largest absolute Gasteiger partial charge is 0.0785 e. The van der Waals surface area contributed by atoms with E-state index in [4.69, 9.17) is 0 Å². The maximum Gasteiger partial charge on any atom is -0.0126 e. The lowest BCUT2D eigenvalue weighted by Crippen LogP contribution is -2.12. The van der Waals surface area contributed by atoms with Gasteiger partial charge in [0.2, 0.25) is 0 Å². The SMILES string of the molecule is CC(C)(C)/C=C\c1ccccc1C(C)(C)C. The maximum atomic E-state index is 2.28. The van der Waals surface area contributed by atoms with E-state index in [2.05, 4.69) is 78.0 Å². The average Bonchev–Trinajstić information content (AvgIpc) is 2.12. The molecule has 0 amide bonds. The molecule has 0 spiro atoms. The second kappa shape index (κ2) is 4.45. The lowest BCUT2D eigenvalue weighted by Gasteiger charge is -2.22. The van der Waals surface area contributed by atoms with E-state index in [1.165, 1.54) is 11.1 Å². The van der Waals surface area contributed by atoms with Crippen molar-refractivity contribution in [3.05, 3.63) is 41.5 Å². The lowest BCUT2D eigenvalue weighted by molar-refractivity contribution is 0.546. The van der Waals surface area contributed by atoms with E-state index in [9.17, 15) is 0 Å². The minimum atomic E-state index is 0.207. The molecule has 0 fully saturated rings. The van der Waals surface area contributed by atoms with Crippen LogP contribution in [0.25, 0.3) is 6.08 Å². The molecule has 88 valence electrons. The number of rotatable bonds is 1. The van der Waals surface area contributed by atoms with Crippen molar-refractivity contribution in [3.8, 4) is 0 Å². The fourth-order valence-corrected chi connectivity index (χ4v) is 1.67. The quantitative estimate of drug-likeness (QED) is 0.616. The second-order valence-corrected chi connectivity index (χ2v) is 6.54. The van der Waals surface area contributed by atoms with Gasteiger partial charge >= 0.3 is 0 Å². The van der Waals surface area contributed by atoms with Gasteiger partial charge in [0, 0.05) is 0 Å². The summed E-state index contributed by atoms with van der Waals surface area (Å²) < 4.78 is 0. The van der Waals surface area contributed by atoms with E-state index in [-0.39, 0.29) is 10.8 Å². The minimum absolute atomic E-state index is 0.207. The highest BCUT2D eigenvalue weighted by molar-refractivity contribution is 5.56. The van der Waals surface area contributed by atoms with Gasteiger partial charge in [-0.25, -0.2) is 0 Å². The molecular weight excluding hydrogens is 192 g/mol. The molecule has 1 aromatic rings. The van der Waals surface area contributed by atoms with E-state index in [0.29, 0.717) is 0 Å². The van der Waals surface area contributed by atoms with Crippen LogP contribution >= 0.6 is 0 Å². The van der Waals surface area contributed by atoms with Crippen LogP contribution in [0.1, 0.15) is 52.7 Å². The molecule has 1 rings (SSSR count). The molecule has 1 aromatic carbocycles. The van der Waals surface area contributed by atoms with Crippen molar-refractivity contribution in [1.29, 1.82) is 0 Å². The molecule has 0 aromatic heterocycles. The third-order valence-electron chi connectivity index (χ3n) is 2.53. The zero-order valence-corrected chi connectivity index (χ0v) is 11.5. The number of allylic oxidation sites excluding steroid dienone is 1. The highest BCUT2D eigenvalue weighted by atomic mass is 14.2. The van der Waals surface area contributed by atoms with Crippen LogP contribution in [0, 0.1) is 5.41 Å². The van der Waals surface area contributed by atoms with Gasteiger partial charge in [0.15, 0.2) is 0 Å². The molecule has 0 aliphatic carbocycles. The molecule has 0 saturated carbocycles. The Labute approximate surface area is 100 Å². The van der Waals surface area contributed by atoms with E-state index >= 15 is 0 Å². The summed E-state index contributed by atoms with van der Waals surface area (Å²) in [4.78, 5) is 0. The summed E-state index contributed by atoms with van der Waals surface area (Å²) in [5.41, 5.74) is 3.20. The first kappa shape index (κ1) is 13.0. The molecule has 0 nitrogen and oxygen atoms in total. The van der Waals surface area contributed by atoms with E-state index in [0.717, 1.165) is 0 Å². The molecule has 0 N–H and O–H groups in total. The van der Waals surface area contributed by atoms with E-state index in [1.54, 1.807) is 0 Å². The third-order valence-corrected chi connectivity index (χ3v) is 2.53. The molecule has 0 heteroatoms. The van der Waals surface area contributed by atoms with Crippen LogP contribution in [-0.2, 0) is 5.41 Å². The molecule has 0 atom stereocenters. The fraction of sp³-hybridized carbons (Fsp3) is 0.500. The number of benzene rings is 1. The van der Waals surface area contributed by atoms with Gasteiger partial charge in [0.05, 0.1) is 0 Å². The first-order valence-electron chi connectivity index (χ1n) is 5.99. The summed E-state index contributed by atoms with van der Waals surface area (Å²) in [5, 5.41) is 0. The van der Waals surface area contributed by atoms with Crippen LogP contribution in [0.3, 0.4) is 0 Å². The minimum Gasteiger partial charge on any atom is -0.0785 e. The van der Waals surface area contributed by atoms with Gasteiger partial charge in [-0.3, -0.25) is 0 Å². The highest BCUT2D eigenvalue weighted by Gasteiger charge is 2.16. The molecule has 0 aliphatic rings. The molecule has 0 radical (unpaired) electrons. The first-order valence-corrected chi connectivity index (χ1v) is 5.99. The Morgan fingerprint density at radius 3 is 1.94 bits per heavy atom.